The lowest BCUT2D eigenvalue weighted by atomic mass is 9.68. The number of nitriles is 1. The number of thiazole rings is 1. The summed E-state index contributed by atoms with van der Waals surface area (Å²) in [6, 6.07) is 10.2. The van der Waals surface area contributed by atoms with Gasteiger partial charge in [0.15, 0.2) is 5.82 Å². The van der Waals surface area contributed by atoms with Gasteiger partial charge in [-0.05, 0) is 81.5 Å². The van der Waals surface area contributed by atoms with Crippen LogP contribution in [0.2, 0.25) is 10.0 Å². The van der Waals surface area contributed by atoms with Gasteiger partial charge >= 0.3 is 0 Å². The first-order chi connectivity index (χ1) is 19.2. The minimum atomic E-state index is -1.15. The normalized spacial score (nSPS) is 27.8. The number of hydrogen-bond acceptors (Lipinski definition) is 7. The number of aromatic nitrogens is 2. The first kappa shape index (κ1) is 26.4. The van der Waals surface area contributed by atoms with E-state index in [-0.39, 0.29) is 22.9 Å². The summed E-state index contributed by atoms with van der Waals surface area (Å²) in [7, 11) is 0. The molecule has 0 radical (unpaired) electrons. The monoisotopic (exact) mass is 597 g/mol. The molecule has 0 spiro atoms. The predicted molar refractivity (Wildman–Crippen MR) is 151 cm³/mol. The van der Waals surface area contributed by atoms with Crippen molar-refractivity contribution in [3.63, 3.8) is 0 Å². The van der Waals surface area contributed by atoms with Gasteiger partial charge in [0, 0.05) is 17.0 Å². The van der Waals surface area contributed by atoms with Crippen molar-refractivity contribution >= 4 is 44.8 Å². The first-order valence-electron chi connectivity index (χ1n) is 13.5. The maximum atomic E-state index is 14.7. The molecule has 2 aromatic carbocycles. The second-order valence-corrected chi connectivity index (χ2v) is 13.5. The minimum Gasteiger partial charge on any atom is -0.382 e. The molecule has 7 rings (SSSR count). The summed E-state index contributed by atoms with van der Waals surface area (Å²) in [6.45, 7) is 2.39. The zero-order valence-corrected chi connectivity index (χ0v) is 24.0. The maximum absolute atomic E-state index is 14.7. The van der Waals surface area contributed by atoms with E-state index in [1.807, 2.05) is 6.07 Å². The molecule has 1 N–H and O–H groups in total. The van der Waals surface area contributed by atoms with Crippen LogP contribution in [0.1, 0.15) is 73.3 Å². The maximum Gasteiger partial charge on any atom is 0.151 e. The number of benzene rings is 2. The highest BCUT2D eigenvalue weighted by molar-refractivity contribution is 7.18. The van der Waals surface area contributed by atoms with Gasteiger partial charge in [-0.1, -0.05) is 34.4 Å². The van der Waals surface area contributed by atoms with Gasteiger partial charge in [-0.25, -0.2) is 9.37 Å². The number of fused-ring (bicyclic) bond motifs is 3. The second kappa shape index (κ2) is 9.50. The summed E-state index contributed by atoms with van der Waals surface area (Å²) in [5.41, 5.74) is 0.947. The molecular formula is C30H26Cl2FN3O3S. The van der Waals surface area contributed by atoms with Crippen LogP contribution in [0.3, 0.4) is 0 Å². The topological polar surface area (TPSA) is 92.2 Å². The fraction of sp³-hybridized carbons (Fsp3) is 0.433. The molecule has 3 aliphatic carbocycles. The lowest BCUT2D eigenvalue weighted by molar-refractivity contribution is -0.158. The van der Waals surface area contributed by atoms with Gasteiger partial charge in [-0.2, -0.15) is 5.26 Å². The van der Waals surface area contributed by atoms with Crippen LogP contribution in [0.5, 0.6) is 0 Å². The Morgan fingerprint density at radius 3 is 2.52 bits per heavy atom. The number of ether oxygens (including phenoxy) is 1. The van der Waals surface area contributed by atoms with E-state index in [1.165, 1.54) is 17.4 Å². The Morgan fingerprint density at radius 2 is 1.88 bits per heavy atom. The lowest BCUT2D eigenvalue weighted by Crippen LogP contribution is -2.49. The van der Waals surface area contributed by atoms with Crippen molar-refractivity contribution in [2.45, 2.75) is 69.2 Å². The van der Waals surface area contributed by atoms with E-state index in [1.54, 1.807) is 24.3 Å². The average Bonchev–Trinajstić information content (AvgIpc) is 3.48. The largest absolute Gasteiger partial charge is 0.382 e. The minimum absolute atomic E-state index is 0.0850. The quantitative estimate of drug-likeness (QED) is 0.241. The molecule has 10 heteroatoms. The molecule has 206 valence electrons. The average molecular weight is 599 g/mol. The van der Waals surface area contributed by atoms with E-state index in [0.717, 1.165) is 37.0 Å². The van der Waals surface area contributed by atoms with Crippen molar-refractivity contribution in [3.05, 3.63) is 68.1 Å². The number of hydrogen-bond donors (Lipinski definition) is 1. The number of aliphatic hydroxyl groups is 1. The van der Waals surface area contributed by atoms with Crippen LogP contribution in [-0.2, 0) is 16.9 Å². The number of halogens is 3. The van der Waals surface area contributed by atoms with Gasteiger partial charge in [0.2, 0.25) is 0 Å². The fourth-order valence-corrected chi connectivity index (χ4v) is 8.65. The van der Waals surface area contributed by atoms with E-state index < -0.39 is 17.0 Å². The molecule has 2 bridgehead atoms. The van der Waals surface area contributed by atoms with E-state index in [4.69, 9.17) is 32.5 Å². The van der Waals surface area contributed by atoms with Gasteiger partial charge in [-0.3, -0.25) is 0 Å². The summed E-state index contributed by atoms with van der Waals surface area (Å²) in [5, 5.41) is 27.2. The van der Waals surface area contributed by atoms with Crippen LogP contribution >= 0.6 is 34.5 Å². The van der Waals surface area contributed by atoms with Crippen molar-refractivity contribution in [1.29, 1.82) is 5.26 Å². The van der Waals surface area contributed by atoms with Gasteiger partial charge in [0.1, 0.15) is 27.6 Å². The number of rotatable bonds is 6. The zero-order chi connectivity index (χ0) is 27.8. The summed E-state index contributed by atoms with van der Waals surface area (Å²) in [5.74, 6) is 0.447. The highest BCUT2D eigenvalue weighted by atomic mass is 35.5. The number of nitrogens with zero attached hydrogens (tertiary/aromatic N) is 3. The fourth-order valence-electron chi connectivity index (χ4n) is 6.80. The summed E-state index contributed by atoms with van der Waals surface area (Å²) in [4.78, 5) is 4.56. The van der Waals surface area contributed by atoms with E-state index >= 15 is 0 Å². The van der Waals surface area contributed by atoms with Crippen LogP contribution in [0.25, 0.3) is 21.5 Å². The third-order valence-corrected chi connectivity index (χ3v) is 10.7. The van der Waals surface area contributed by atoms with Gasteiger partial charge in [0.05, 0.1) is 38.6 Å². The Bertz CT molecular complexity index is 1660. The van der Waals surface area contributed by atoms with Crippen molar-refractivity contribution in [1.82, 2.24) is 10.1 Å². The van der Waals surface area contributed by atoms with Gasteiger partial charge in [0.25, 0.3) is 0 Å². The molecule has 4 atom stereocenters. The Balaban J connectivity index is 1.17. The molecule has 0 amide bonds. The molecule has 1 unspecified atom stereocenters. The van der Waals surface area contributed by atoms with Gasteiger partial charge < -0.3 is 14.4 Å². The van der Waals surface area contributed by atoms with Crippen molar-refractivity contribution in [2.24, 2.45) is 11.8 Å². The summed E-state index contributed by atoms with van der Waals surface area (Å²) >= 11 is 14.3. The predicted octanol–water partition coefficient (Wildman–Crippen LogP) is 8.13. The molecule has 4 aromatic rings. The molecule has 0 saturated heterocycles. The molecule has 6 nitrogen and oxygen atoms in total. The third kappa shape index (κ3) is 4.17. The molecule has 40 heavy (non-hydrogen) atoms. The smallest absolute Gasteiger partial charge is 0.151 e. The van der Waals surface area contributed by atoms with Gasteiger partial charge in [-0.15, -0.1) is 11.3 Å². The Labute approximate surface area is 244 Å². The molecule has 3 aliphatic rings. The third-order valence-electron chi connectivity index (χ3n) is 8.92. The Kier molecular flexibility index (Phi) is 6.26. The SMILES string of the molecule is CC1(OCc2c(-c3c(Cl)cccc3Cl)noc2C2CC2)C[C@H]2CC[C@@H](C1)[C@@]2(O)c1nc2c(F)cc(C#N)cc2s1. The molecule has 3 fully saturated rings. The van der Waals surface area contributed by atoms with Crippen molar-refractivity contribution in [3.8, 4) is 17.3 Å². The molecular weight excluding hydrogens is 572 g/mol. The standard InChI is InChI=1S/C30H26Cl2FN3O3S/c1-29(38-14-19-25(36-39-27(19)16-5-6-16)24-20(31)3-2-4-21(24)32)11-17-7-8-18(12-29)30(17,37)28-35-26-22(33)9-15(13-34)10-23(26)40-28/h2-4,9-10,16-18,37H,5-8,11-12,14H2,1H3/t17-,18+,29?,30-. The van der Waals surface area contributed by atoms with Crippen LogP contribution in [0.15, 0.2) is 34.9 Å². The first-order valence-corrected chi connectivity index (χ1v) is 15.1. The van der Waals surface area contributed by atoms with Crippen LogP contribution in [0, 0.1) is 29.0 Å². The molecule has 2 heterocycles. The summed E-state index contributed by atoms with van der Waals surface area (Å²) < 4.78 is 27.7. The molecule has 0 aliphatic heterocycles. The van der Waals surface area contributed by atoms with Crippen LogP contribution < -0.4 is 0 Å². The summed E-state index contributed by atoms with van der Waals surface area (Å²) in [6.07, 6.45) is 5.03. The second-order valence-electron chi connectivity index (χ2n) is 11.6. The van der Waals surface area contributed by atoms with E-state index in [2.05, 4.69) is 17.1 Å². The zero-order valence-electron chi connectivity index (χ0n) is 21.7. The van der Waals surface area contributed by atoms with Crippen molar-refractivity contribution in [2.75, 3.05) is 0 Å². The lowest BCUT2D eigenvalue weighted by Gasteiger charge is -2.46. The molecule has 2 aromatic heterocycles. The van der Waals surface area contributed by atoms with Crippen LogP contribution in [-0.4, -0.2) is 20.8 Å². The van der Waals surface area contributed by atoms with Crippen molar-refractivity contribution < 1.29 is 18.8 Å². The van der Waals surface area contributed by atoms with E-state index in [0.29, 0.717) is 56.4 Å². The van der Waals surface area contributed by atoms with E-state index in [9.17, 15) is 14.8 Å². The van der Waals surface area contributed by atoms with Crippen LogP contribution in [0.4, 0.5) is 4.39 Å². The highest BCUT2D eigenvalue weighted by Gasteiger charge is 2.59. The molecule has 3 saturated carbocycles. The Morgan fingerprint density at radius 1 is 1.18 bits per heavy atom. The highest BCUT2D eigenvalue weighted by Crippen LogP contribution is 2.59. The Hall–Kier alpha value is -2.54.